The molecule has 4 heteroatoms. The van der Waals surface area contributed by atoms with Crippen LogP contribution < -0.4 is 5.73 Å². The Bertz CT molecular complexity index is 319. The van der Waals surface area contributed by atoms with Crippen LogP contribution in [0.3, 0.4) is 0 Å². The average Bonchev–Trinajstić information content (AvgIpc) is 2.23. The van der Waals surface area contributed by atoms with Gasteiger partial charge in [0, 0.05) is 6.04 Å². The molecule has 2 atom stereocenters. The highest BCUT2D eigenvalue weighted by atomic mass is 19.4. The Balaban J connectivity index is 2.69. The summed E-state index contributed by atoms with van der Waals surface area (Å²) in [7, 11) is 0. The Kier molecular flexibility index (Phi) is 5.00. The molecular weight excluding hydrogens is 227 g/mol. The summed E-state index contributed by atoms with van der Waals surface area (Å²) in [6.45, 7) is 1.81. The van der Waals surface area contributed by atoms with E-state index in [-0.39, 0.29) is 12.5 Å². The SMILES string of the molecule is CC(N)CCCC(c1ccccc1)C(F)(F)F. The Morgan fingerprint density at radius 2 is 1.71 bits per heavy atom. The maximum Gasteiger partial charge on any atom is 0.395 e. The number of halogens is 3. The van der Waals surface area contributed by atoms with E-state index >= 15 is 0 Å². The van der Waals surface area contributed by atoms with Gasteiger partial charge in [0.05, 0.1) is 5.92 Å². The van der Waals surface area contributed by atoms with Crippen LogP contribution in [0.2, 0.25) is 0 Å². The predicted octanol–water partition coefficient (Wildman–Crippen LogP) is 3.85. The van der Waals surface area contributed by atoms with Crippen LogP contribution >= 0.6 is 0 Å². The molecule has 0 fully saturated rings. The fraction of sp³-hybridized carbons (Fsp3) is 0.538. The van der Waals surface area contributed by atoms with E-state index in [2.05, 4.69) is 0 Å². The molecule has 2 N–H and O–H groups in total. The van der Waals surface area contributed by atoms with E-state index in [4.69, 9.17) is 5.73 Å². The van der Waals surface area contributed by atoms with Gasteiger partial charge in [0.1, 0.15) is 0 Å². The lowest BCUT2D eigenvalue weighted by molar-refractivity contribution is -0.152. The van der Waals surface area contributed by atoms with Crippen molar-refractivity contribution < 1.29 is 13.2 Å². The summed E-state index contributed by atoms with van der Waals surface area (Å²) < 4.78 is 38.7. The van der Waals surface area contributed by atoms with Crippen molar-refractivity contribution in [2.45, 2.75) is 44.3 Å². The average molecular weight is 245 g/mol. The molecule has 0 saturated carbocycles. The summed E-state index contributed by atoms with van der Waals surface area (Å²) >= 11 is 0. The molecule has 1 nitrogen and oxygen atoms in total. The Morgan fingerprint density at radius 1 is 1.12 bits per heavy atom. The minimum absolute atomic E-state index is 0.0420. The zero-order chi connectivity index (χ0) is 12.9. The van der Waals surface area contributed by atoms with Gasteiger partial charge in [0.25, 0.3) is 0 Å². The van der Waals surface area contributed by atoms with Gasteiger partial charge in [-0.3, -0.25) is 0 Å². The van der Waals surface area contributed by atoms with Gasteiger partial charge in [-0.1, -0.05) is 36.8 Å². The first-order valence-electron chi connectivity index (χ1n) is 5.78. The normalized spacial score (nSPS) is 15.6. The second kappa shape index (κ2) is 6.05. The minimum Gasteiger partial charge on any atom is -0.328 e. The lowest BCUT2D eigenvalue weighted by Crippen LogP contribution is -2.22. The van der Waals surface area contributed by atoms with Crippen LogP contribution in [0.1, 0.15) is 37.7 Å². The van der Waals surface area contributed by atoms with Gasteiger partial charge < -0.3 is 5.73 Å². The second-order valence-electron chi connectivity index (χ2n) is 4.41. The zero-order valence-corrected chi connectivity index (χ0v) is 9.87. The first kappa shape index (κ1) is 14.0. The van der Waals surface area contributed by atoms with Crippen LogP contribution in [0.5, 0.6) is 0 Å². The van der Waals surface area contributed by atoms with Crippen molar-refractivity contribution in [1.29, 1.82) is 0 Å². The van der Waals surface area contributed by atoms with Gasteiger partial charge in [-0.25, -0.2) is 0 Å². The summed E-state index contributed by atoms with van der Waals surface area (Å²) in [5.41, 5.74) is 5.88. The summed E-state index contributed by atoms with van der Waals surface area (Å²) in [6, 6.07) is 8.02. The summed E-state index contributed by atoms with van der Waals surface area (Å²) in [5.74, 6) is -1.37. The molecule has 0 spiro atoms. The monoisotopic (exact) mass is 245 g/mol. The van der Waals surface area contributed by atoms with Crippen molar-refractivity contribution in [1.82, 2.24) is 0 Å². The largest absolute Gasteiger partial charge is 0.395 e. The van der Waals surface area contributed by atoms with Gasteiger partial charge in [0.15, 0.2) is 0 Å². The van der Waals surface area contributed by atoms with Crippen molar-refractivity contribution in [2.75, 3.05) is 0 Å². The molecule has 1 aromatic rings. The van der Waals surface area contributed by atoms with Crippen molar-refractivity contribution in [3.05, 3.63) is 35.9 Å². The number of hydrogen-bond donors (Lipinski definition) is 1. The number of hydrogen-bond acceptors (Lipinski definition) is 1. The molecular formula is C13H18F3N. The maximum absolute atomic E-state index is 12.9. The third-order valence-corrected chi connectivity index (χ3v) is 2.75. The van der Waals surface area contributed by atoms with Crippen molar-refractivity contribution in [3.63, 3.8) is 0 Å². The highest BCUT2D eigenvalue weighted by Gasteiger charge is 2.39. The zero-order valence-electron chi connectivity index (χ0n) is 9.87. The van der Waals surface area contributed by atoms with Crippen LogP contribution in [-0.2, 0) is 0 Å². The fourth-order valence-electron chi connectivity index (χ4n) is 1.85. The van der Waals surface area contributed by atoms with E-state index in [0.29, 0.717) is 18.4 Å². The van der Waals surface area contributed by atoms with Crippen molar-refractivity contribution in [3.8, 4) is 0 Å². The Morgan fingerprint density at radius 3 is 2.18 bits per heavy atom. The molecule has 0 aliphatic carbocycles. The molecule has 1 rings (SSSR count). The van der Waals surface area contributed by atoms with Crippen molar-refractivity contribution >= 4 is 0 Å². The van der Waals surface area contributed by atoms with Crippen LogP contribution in [0.25, 0.3) is 0 Å². The molecule has 1 aromatic carbocycles. The van der Waals surface area contributed by atoms with E-state index in [1.807, 2.05) is 6.92 Å². The molecule has 0 heterocycles. The molecule has 0 aliphatic rings. The van der Waals surface area contributed by atoms with E-state index in [1.54, 1.807) is 18.2 Å². The molecule has 0 saturated heterocycles. The first-order valence-corrected chi connectivity index (χ1v) is 5.78. The second-order valence-corrected chi connectivity index (χ2v) is 4.41. The fourth-order valence-corrected chi connectivity index (χ4v) is 1.85. The molecule has 0 bridgehead atoms. The molecule has 17 heavy (non-hydrogen) atoms. The lowest BCUT2D eigenvalue weighted by Gasteiger charge is -2.21. The molecule has 96 valence electrons. The topological polar surface area (TPSA) is 26.0 Å². The number of nitrogens with two attached hydrogens (primary N) is 1. The third-order valence-electron chi connectivity index (χ3n) is 2.75. The molecule has 0 aliphatic heterocycles. The van der Waals surface area contributed by atoms with Crippen molar-refractivity contribution in [2.24, 2.45) is 5.73 Å². The molecule has 0 aromatic heterocycles. The highest BCUT2D eigenvalue weighted by molar-refractivity contribution is 5.20. The van der Waals surface area contributed by atoms with E-state index in [9.17, 15) is 13.2 Å². The van der Waals surface area contributed by atoms with E-state index in [0.717, 1.165) is 0 Å². The number of rotatable bonds is 5. The summed E-state index contributed by atoms with van der Waals surface area (Å²) in [5, 5.41) is 0. The van der Waals surface area contributed by atoms with Gasteiger partial charge in [0.2, 0.25) is 0 Å². The van der Waals surface area contributed by atoms with E-state index in [1.165, 1.54) is 12.1 Å². The first-order chi connectivity index (χ1) is 7.91. The third kappa shape index (κ3) is 4.77. The summed E-state index contributed by atoms with van der Waals surface area (Å²) in [6.07, 6.45) is -2.95. The molecule has 2 unspecified atom stereocenters. The lowest BCUT2D eigenvalue weighted by atomic mass is 9.92. The molecule has 0 amide bonds. The maximum atomic E-state index is 12.9. The van der Waals surface area contributed by atoms with Gasteiger partial charge in [-0.15, -0.1) is 0 Å². The van der Waals surface area contributed by atoms with Crippen LogP contribution in [0, 0.1) is 0 Å². The smallest absolute Gasteiger partial charge is 0.328 e. The van der Waals surface area contributed by atoms with Gasteiger partial charge in [-0.05, 0) is 25.3 Å². The number of alkyl halides is 3. The van der Waals surface area contributed by atoms with Crippen LogP contribution in [0.15, 0.2) is 30.3 Å². The standard InChI is InChI=1S/C13H18F3N/c1-10(17)6-5-9-12(13(14,15)16)11-7-3-2-4-8-11/h2-4,7-8,10,12H,5-6,9,17H2,1H3. The highest BCUT2D eigenvalue weighted by Crippen LogP contribution is 2.38. The van der Waals surface area contributed by atoms with Crippen LogP contribution in [-0.4, -0.2) is 12.2 Å². The van der Waals surface area contributed by atoms with Gasteiger partial charge >= 0.3 is 6.18 Å². The quantitative estimate of drug-likeness (QED) is 0.837. The summed E-state index contributed by atoms with van der Waals surface area (Å²) in [4.78, 5) is 0. The predicted molar refractivity (Wildman–Crippen MR) is 62.7 cm³/mol. The molecule has 0 radical (unpaired) electrons. The van der Waals surface area contributed by atoms with E-state index < -0.39 is 12.1 Å². The van der Waals surface area contributed by atoms with Crippen LogP contribution in [0.4, 0.5) is 13.2 Å². The minimum atomic E-state index is -4.18. The number of benzene rings is 1. The Hall–Kier alpha value is -1.03. The Labute approximate surface area is 99.8 Å². The van der Waals surface area contributed by atoms with Gasteiger partial charge in [-0.2, -0.15) is 13.2 Å².